The van der Waals surface area contributed by atoms with E-state index in [-0.39, 0.29) is 24.5 Å². The highest BCUT2D eigenvalue weighted by Crippen LogP contribution is 2.37. The summed E-state index contributed by atoms with van der Waals surface area (Å²) < 4.78 is 16.4. The molecule has 0 unspecified atom stereocenters. The van der Waals surface area contributed by atoms with Gasteiger partial charge in [0.2, 0.25) is 0 Å². The van der Waals surface area contributed by atoms with Gasteiger partial charge in [0, 0.05) is 25.4 Å². The van der Waals surface area contributed by atoms with Crippen molar-refractivity contribution in [1.82, 2.24) is 4.90 Å². The van der Waals surface area contributed by atoms with Crippen LogP contribution in [0.25, 0.3) is 5.57 Å². The molecule has 2 amide bonds. The van der Waals surface area contributed by atoms with Gasteiger partial charge in [0.15, 0.2) is 11.5 Å². The summed E-state index contributed by atoms with van der Waals surface area (Å²) in [4.78, 5) is 30.4. The zero-order valence-electron chi connectivity index (χ0n) is 20.0. The summed E-state index contributed by atoms with van der Waals surface area (Å²) in [7, 11) is 3.10. The number of carbonyl (C=O) groups is 2. The maximum Gasteiger partial charge on any atom is 0.278 e. The number of hydrogen-bond acceptors (Lipinski definition) is 6. The summed E-state index contributed by atoms with van der Waals surface area (Å²) in [5.74, 6) is 0.424. The lowest BCUT2D eigenvalue weighted by atomic mass is 10.0. The van der Waals surface area contributed by atoms with E-state index in [1.165, 1.54) is 4.90 Å². The van der Waals surface area contributed by atoms with E-state index in [1.54, 1.807) is 32.4 Å². The summed E-state index contributed by atoms with van der Waals surface area (Å²) in [6, 6.07) is 14.9. The largest absolute Gasteiger partial charge is 0.493 e. The molecule has 0 radical (unpaired) electrons. The SMILES string of the molecule is CCN(C1=C(c2ccc(OC)c(OC)c2)C(=O)N(CCCOC(C)C)C1=O)c1ccccc1. The lowest BCUT2D eigenvalue weighted by Crippen LogP contribution is -2.36. The van der Waals surface area contributed by atoms with E-state index in [2.05, 4.69) is 0 Å². The highest BCUT2D eigenvalue weighted by molar-refractivity contribution is 6.36. The van der Waals surface area contributed by atoms with Gasteiger partial charge in [-0.3, -0.25) is 14.5 Å². The van der Waals surface area contributed by atoms with Crippen molar-refractivity contribution in [3.8, 4) is 11.5 Å². The molecular weight excluding hydrogens is 420 g/mol. The van der Waals surface area contributed by atoms with Gasteiger partial charge < -0.3 is 19.1 Å². The fraction of sp³-hybridized carbons (Fsp3) is 0.385. The van der Waals surface area contributed by atoms with Crippen molar-refractivity contribution in [1.29, 1.82) is 0 Å². The van der Waals surface area contributed by atoms with Gasteiger partial charge in [-0.25, -0.2) is 0 Å². The molecule has 0 aromatic heterocycles. The van der Waals surface area contributed by atoms with E-state index in [0.717, 1.165) is 5.69 Å². The molecule has 0 spiro atoms. The standard InChI is InChI=1S/C26H32N2O5/c1-6-27(20-11-8-7-9-12-20)24-23(19-13-14-21(31-4)22(17-19)32-5)25(29)28(26(24)30)15-10-16-33-18(2)3/h7-9,11-14,17-18H,6,10,15-16H2,1-5H3. The third kappa shape index (κ3) is 5.20. The zero-order valence-corrected chi connectivity index (χ0v) is 20.0. The normalized spacial score (nSPS) is 13.8. The van der Waals surface area contributed by atoms with Crippen molar-refractivity contribution in [2.45, 2.75) is 33.3 Å². The molecule has 0 fully saturated rings. The Balaban J connectivity index is 2.06. The molecule has 2 aromatic carbocycles. The molecule has 0 saturated carbocycles. The number of amides is 2. The molecular formula is C26H32N2O5. The number of nitrogens with zero attached hydrogens (tertiary/aromatic N) is 2. The van der Waals surface area contributed by atoms with Crippen LogP contribution < -0.4 is 14.4 Å². The van der Waals surface area contributed by atoms with Crippen molar-refractivity contribution in [3.63, 3.8) is 0 Å². The average Bonchev–Trinajstić information content (AvgIpc) is 3.07. The Labute approximate surface area is 195 Å². The van der Waals surface area contributed by atoms with Crippen LogP contribution in [0.15, 0.2) is 54.2 Å². The number of para-hydroxylation sites is 1. The van der Waals surface area contributed by atoms with Crippen LogP contribution in [0.3, 0.4) is 0 Å². The Kier molecular flexibility index (Phi) is 8.11. The van der Waals surface area contributed by atoms with Crippen LogP contribution in [0, 0.1) is 0 Å². The van der Waals surface area contributed by atoms with Crippen molar-refractivity contribution in [2.24, 2.45) is 0 Å². The van der Waals surface area contributed by atoms with Crippen LogP contribution >= 0.6 is 0 Å². The molecule has 3 rings (SSSR count). The predicted octanol–water partition coefficient (Wildman–Crippen LogP) is 4.13. The van der Waals surface area contributed by atoms with Gasteiger partial charge in [-0.2, -0.15) is 0 Å². The second kappa shape index (κ2) is 11.0. The van der Waals surface area contributed by atoms with E-state index < -0.39 is 0 Å². The molecule has 176 valence electrons. The van der Waals surface area contributed by atoms with E-state index >= 15 is 0 Å². The van der Waals surface area contributed by atoms with E-state index in [1.807, 2.05) is 56.0 Å². The van der Waals surface area contributed by atoms with Crippen molar-refractivity contribution in [3.05, 3.63) is 59.8 Å². The second-order valence-electron chi connectivity index (χ2n) is 7.91. The summed E-state index contributed by atoms with van der Waals surface area (Å²) >= 11 is 0. The maximum atomic E-state index is 13.6. The third-order valence-corrected chi connectivity index (χ3v) is 5.45. The van der Waals surface area contributed by atoms with Crippen LogP contribution in [0.1, 0.15) is 32.8 Å². The van der Waals surface area contributed by atoms with Gasteiger partial charge in [0.05, 0.1) is 25.9 Å². The Morgan fingerprint density at radius 1 is 0.939 bits per heavy atom. The quantitative estimate of drug-likeness (QED) is 0.377. The number of benzene rings is 2. The Morgan fingerprint density at radius 3 is 2.24 bits per heavy atom. The van der Waals surface area contributed by atoms with Crippen molar-refractivity contribution < 1.29 is 23.8 Å². The molecule has 1 aliphatic rings. The van der Waals surface area contributed by atoms with E-state index in [4.69, 9.17) is 14.2 Å². The number of likely N-dealkylation sites (N-methyl/N-ethyl adjacent to an activating group) is 1. The number of methoxy groups -OCH3 is 2. The van der Waals surface area contributed by atoms with Crippen LogP contribution in [0.4, 0.5) is 5.69 Å². The third-order valence-electron chi connectivity index (χ3n) is 5.45. The molecule has 33 heavy (non-hydrogen) atoms. The first kappa shape index (κ1) is 24.3. The predicted molar refractivity (Wildman–Crippen MR) is 128 cm³/mol. The lowest BCUT2D eigenvalue weighted by molar-refractivity contribution is -0.137. The molecule has 0 saturated heterocycles. The molecule has 7 heteroatoms. The van der Waals surface area contributed by atoms with Crippen LogP contribution in [-0.2, 0) is 14.3 Å². The molecule has 7 nitrogen and oxygen atoms in total. The first-order valence-electron chi connectivity index (χ1n) is 11.2. The summed E-state index contributed by atoms with van der Waals surface area (Å²) in [5, 5.41) is 0. The number of ether oxygens (including phenoxy) is 3. The van der Waals surface area contributed by atoms with Gasteiger partial charge in [-0.1, -0.05) is 24.3 Å². The number of anilines is 1. The summed E-state index contributed by atoms with van der Waals surface area (Å²) in [5.41, 5.74) is 2.18. The highest BCUT2D eigenvalue weighted by Gasteiger charge is 2.41. The maximum absolute atomic E-state index is 13.6. The van der Waals surface area contributed by atoms with Crippen LogP contribution in [-0.4, -0.2) is 56.7 Å². The number of rotatable bonds is 11. The fourth-order valence-corrected chi connectivity index (χ4v) is 3.89. The van der Waals surface area contributed by atoms with Gasteiger partial charge in [0.25, 0.3) is 11.8 Å². The topological polar surface area (TPSA) is 68.3 Å². The fourth-order valence-electron chi connectivity index (χ4n) is 3.89. The Hall–Kier alpha value is -3.32. The van der Waals surface area contributed by atoms with E-state index in [0.29, 0.717) is 47.9 Å². The van der Waals surface area contributed by atoms with Gasteiger partial charge in [0.1, 0.15) is 5.70 Å². The number of imide groups is 1. The van der Waals surface area contributed by atoms with Crippen molar-refractivity contribution >= 4 is 23.1 Å². The first-order chi connectivity index (χ1) is 15.9. The number of hydrogen-bond donors (Lipinski definition) is 0. The van der Waals surface area contributed by atoms with Crippen LogP contribution in [0.5, 0.6) is 11.5 Å². The number of carbonyl (C=O) groups excluding carboxylic acids is 2. The second-order valence-corrected chi connectivity index (χ2v) is 7.91. The minimum Gasteiger partial charge on any atom is -0.493 e. The molecule has 0 atom stereocenters. The molecule has 0 bridgehead atoms. The average molecular weight is 453 g/mol. The minimum absolute atomic E-state index is 0.0969. The summed E-state index contributed by atoms with van der Waals surface area (Å²) in [6.45, 7) is 7.17. The van der Waals surface area contributed by atoms with Crippen LogP contribution in [0.2, 0.25) is 0 Å². The minimum atomic E-state index is -0.318. The summed E-state index contributed by atoms with van der Waals surface area (Å²) in [6.07, 6.45) is 0.666. The van der Waals surface area contributed by atoms with Gasteiger partial charge in [-0.15, -0.1) is 0 Å². The molecule has 0 aliphatic carbocycles. The molecule has 0 N–H and O–H groups in total. The monoisotopic (exact) mass is 452 g/mol. The highest BCUT2D eigenvalue weighted by atomic mass is 16.5. The smallest absolute Gasteiger partial charge is 0.278 e. The van der Waals surface area contributed by atoms with E-state index in [9.17, 15) is 9.59 Å². The van der Waals surface area contributed by atoms with Gasteiger partial charge in [-0.05, 0) is 57.0 Å². The molecule has 1 aliphatic heterocycles. The first-order valence-corrected chi connectivity index (χ1v) is 11.2. The molecule has 2 aromatic rings. The zero-order chi connectivity index (χ0) is 24.0. The lowest BCUT2D eigenvalue weighted by Gasteiger charge is -2.25. The van der Waals surface area contributed by atoms with Crippen molar-refractivity contribution in [2.75, 3.05) is 38.8 Å². The Morgan fingerprint density at radius 2 is 1.64 bits per heavy atom. The van der Waals surface area contributed by atoms with Gasteiger partial charge >= 0.3 is 0 Å². The molecule has 1 heterocycles. The Bertz CT molecular complexity index is 1020.